The van der Waals surface area contributed by atoms with Crippen molar-refractivity contribution in [1.82, 2.24) is 0 Å². The van der Waals surface area contributed by atoms with E-state index in [1.54, 1.807) is 0 Å². The lowest BCUT2D eigenvalue weighted by molar-refractivity contribution is 0.634. The van der Waals surface area contributed by atoms with E-state index in [2.05, 4.69) is 55.6 Å². The summed E-state index contributed by atoms with van der Waals surface area (Å²) in [4.78, 5) is 0. The summed E-state index contributed by atoms with van der Waals surface area (Å²) in [5, 5.41) is 4.39. The quantitative estimate of drug-likeness (QED) is 0.688. The van der Waals surface area contributed by atoms with E-state index < -0.39 is 0 Å². The van der Waals surface area contributed by atoms with Gasteiger partial charge in [-0.25, -0.2) is 0 Å². The molecule has 0 bridgehead atoms. The summed E-state index contributed by atoms with van der Waals surface area (Å²) >= 11 is 6.30. The molecule has 0 amide bonds. The third-order valence-electron chi connectivity index (χ3n) is 3.50. The van der Waals surface area contributed by atoms with Crippen molar-refractivity contribution < 1.29 is 0 Å². The second-order valence-corrected chi connectivity index (χ2v) is 5.64. The highest BCUT2D eigenvalue weighted by Gasteiger charge is 2.12. The molecule has 0 saturated heterocycles. The number of aryl methyl sites for hydroxylation is 1. The molecule has 2 heteroatoms. The van der Waals surface area contributed by atoms with Crippen LogP contribution in [0.5, 0.6) is 0 Å². The Hall–Kier alpha value is -1.47. The van der Waals surface area contributed by atoms with Crippen LogP contribution in [0.2, 0.25) is 5.02 Å². The van der Waals surface area contributed by atoms with Crippen LogP contribution in [-0.2, 0) is 0 Å². The topological polar surface area (TPSA) is 12.0 Å². The highest BCUT2D eigenvalue weighted by molar-refractivity contribution is 6.33. The van der Waals surface area contributed by atoms with E-state index in [4.69, 9.17) is 11.6 Å². The average Bonchev–Trinajstić information content (AvgIpc) is 2.48. The van der Waals surface area contributed by atoms with Gasteiger partial charge >= 0.3 is 0 Å². The van der Waals surface area contributed by atoms with Crippen LogP contribution in [0.3, 0.4) is 0 Å². The van der Waals surface area contributed by atoms with Crippen LogP contribution in [0.4, 0.5) is 5.69 Å². The number of rotatable bonds is 6. The van der Waals surface area contributed by atoms with E-state index in [0.717, 1.165) is 17.1 Å². The predicted molar refractivity (Wildman–Crippen MR) is 88.5 cm³/mol. The highest BCUT2D eigenvalue weighted by atomic mass is 35.5. The first-order valence-corrected chi connectivity index (χ1v) is 7.66. The van der Waals surface area contributed by atoms with E-state index in [9.17, 15) is 0 Å². The van der Waals surface area contributed by atoms with Crippen molar-refractivity contribution in [3.63, 3.8) is 0 Å². The Morgan fingerprint density at radius 3 is 2.55 bits per heavy atom. The van der Waals surface area contributed by atoms with E-state index in [0.29, 0.717) is 6.04 Å². The van der Waals surface area contributed by atoms with Gasteiger partial charge in [0.25, 0.3) is 0 Å². The highest BCUT2D eigenvalue weighted by Crippen LogP contribution is 2.29. The molecule has 1 atom stereocenters. The minimum absolute atomic E-state index is 0.315. The molecule has 0 aliphatic carbocycles. The first-order chi connectivity index (χ1) is 9.70. The maximum Gasteiger partial charge on any atom is 0.0637 e. The molecule has 2 rings (SSSR count). The second-order valence-electron chi connectivity index (χ2n) is 5.23. The molecule has 1 nitrogen and oxygen atoms in total. The largest absolute Gasteiger partial charge is 0.377 e. The van der Waals surface area contributed by atoms with Crippen LogP contribution in [0.25, 0.3) is 0 Å². The van der Waals surface area contributed by atoms with Crippen LogP contribution < -0.4 is 5.32 Å². The third-order valence-corrected chi connectivity index (χ3v) is 3.83. The van der Waals surface area contributed by atoms with Crippen LogP contribution >= 0.6 is 11.6 Å². The van der Waals surface area contributed by atoms with Gasteiger partial charge in [0, 0.05) is 0 Å². The molecular formula is C18H22ClN. The van der Waals surface area contributed by atoms with Gasteiger partial charge in [-0.2, -0.15) is 0 Å². The maximum absolute atomic E-state index is 6.30. The minimum Gasteiger partial charge on any atom is -0.377 e. The van der Waals surface area contributed by atoms with Crippen LogP contribution in [-0.4, -0.2) is 0 Å². The van der Waals surface area contributed by atoms with Crippen molar-refractivity contribution in [3.05, 3.63) is 64.7 Å². The first-order valence-electron chi connectivity index (χ1n) is 7.28. The van der Waals surface area contributed by atoms with Gasteiger partial charge in [0.15, 0.2) is 0 Å². The summed E-state index contributed by atoms with van der Waals surface area (Å²) in [6.07, 6.45) is 3.52. The Morgan fingerprint density at radius 1 is 1.10 bits per heavy atom. The van der Waals surface area contributed by atoms with Crippen molar-refractivity contribution in [2.24, 2.45) is 0 Å². The fourth-order valence-corrected chi connectivity index (χ4v) is 2.53. The molecule has 0 fully saturated rings. The summed E-state index contributed by atoms with van der Waals surface area (Å²) < 4.78 is 0. The number of nitrogens with one attached hydrogen (secondary N) is 1. The Bertz CT molecular complexity index is 536. The number of unbranched alkanes of at least 4 members (excludes halogenated alkanes) is 1. The van der Waals surface area contributed by atoms with Crippen LogP contribution in [0.15, 0.2) is 48.5 Å². The molecule has 106 valence electrons. The molecule has 0 aliphatic rings. The number of hydrogen-bond donors (Lipinski definition) is 1. The summed E-state index contributed by atoms with van der Waals surface area (Å²) in [7, 11) is 0. The molecule has 0 aromatic heterocycles. The molecule has 1 N–H and O–H groups in total. The van der Waals surface area contributed by atoms with E-state index in [1.807, 2.05) is 12.1 Å². The van der Waals surface area contributed by atoms with Gasteiger partial charge < -0.3 is 5.32 Å². The maximum atomic E-state index is 6.30. The fourth-order valence-electron chi connectivity index (χ4n) is 2.35. The fraction of sp³-hybridized carbons (Fsp3) is 0.333. The Morgan fingerprint density at radius 2 is 1.85 bits per heavy atom. The van der Waals surface area contributed by atoms with Crippen molar-refractivity contribution in [1.29, 1.82) is 0 Å². The van der Waals surface area contributed by atoms with Gasteiger partial charge in [-0.15, -0.1) is 0 Å². The monoisotopic (exact) mass is 287 g/mol. The zero-order valence-electron chi connectivity index (χ0n) is 12.2. The van der Waals surface area contributed by atoms with E-state index >= 15 is 0 Å². The Labute approximate surface area is 127 Å². The van der Waals surface area contributed by atoms with Gasteiger partial charge in [0.2, 0.25) is 0 Å². The van der Waals surface area contributed by atoms with Crippen LogP contribution in [0, 0.1) is 6.92 Å². The van der Waals surface area contributed by atoms with Gasteiger partial charge in [0.1, 0.15) is 0 Å². The second kappa shape index (κ2) is 7.35. The Balaban J connectivity index is 2.21. The smallest absolute Gasteiger partial charge is 0.0637 e. The molecule has 0 heterocycles. The number of benzene rings is 2. The van der Waals surface area contributed by atoms with Gasteiger partial charge in [-0.1, -0.05) is 67.8 Å². The molecular weight excluding hydrogens is 266 g/mol. The molecule has 20 heavy (non-hydrogen) atoms. The van der Waals surface area contributed by atoms with Crippen molar-refractivity contribution in [3.8, 4) is 0 Å². The number of halogens is 1. The normalized spacial score (nSPS) is 12.2. The number of anilines is 1. The summed E-state index contributed by atoms with van der Waals surface area (Å²) in [5.74, 6) is 0. The van der Waals surface area contributed by atoms with Gasteiger partial charge in [-0.3, -0.25) is 0 Å². The molecule has 0 radical (unpaired) electrons. The predicted octanol–water partition coefficient (Wildman–Crippen LogP) is 5.99. The third kappa shape index (κ3) is 4.01. The number of hydrogen-bond acceptors (Lipinski definition) is 1. The lowest BCUT2D eigenvalue weighted by Crippen LogP contribution is -2.11. The first kappa shape index (κ1) is 14.9. The van der Waals surface area contributed by atoms with Gasteiger partial charge in [0.05, 0.1) is 16.8 Å². The zero-order valence-corrected chi connectivity index (χ0v) is 13.0. The lowest BCUT2D eigenvalue weighted by Gasteiger charge is -2.21. The molecule has 0 spiro atoms. The molecule has 2 aromatic carbocycles. The van der Waals surface area contributed by atoms with E-state index in [-0.39, 0.29) is 0 Å². The average molecular weight is 288 g/mol. The summed E-state index contributed by atoms with van der Waals surface area (Å²) in [6.45, 7) is 4.31. The van der Waals surface area contributed by atoms with Crippen molar-refractivity contribution >= 4 is 17.3 Å². The standard InChI is InChI=1S/C18H22ClN/c1-3-4-10-17(15-8-6-5-7-9-15)20-18-13-14(2)11-12-16(18)19/h5-9,11-13,17,20H,3-4,10H2,1-2H3. The SMILES string of the molecule is CCCCC(Nc1cc(C)ccc1Cl)c1ccccc1. The summed E-state index contributed by atoms with van der Waals surface area (Å²) in [6, 6.07) is 17.0. The summed E-state index contributed by atoms with van der Waals surface area (Å²) in [5.41, 5.74) is 3.56. The minimum atomic E-state index is 0.315. The van der Waals surface area contributed by atoms with Crippen molar-refractivity contribution in [2.75, 3.05) is 5.32 Å². The molecule has 1 unspecified atom stereocenters. The van der Waals surface area contributed by atoms with Crippen LogP contribution in [0.1, 0.15) is 43.4 Å². The van der Waals surface area contributed by atoms with E-state index in [1.165, 1.54) is 24.0 Å². The Kier molecular flexibility index (Phi) is 5.49. The zero-order chi connectivity index (χ0) is 14.4. The lowest BCUT2D eigenvalue weighted by atomic mass is 10.0. The molecule has 2 aromatic rings. The van der Waals surface area contributed by atoms with Crippen molar-refractivity contribution in [2.45, 2.75) is 39.2 Å². The van der Waals surface area contributed by atoms with Gasteiger partial charge in [-0.05, 0) is 36.6 Å². The molecule has 0 saturated carbocycles. The molecule has 0 aliphatic heterocycles.